The summed E-state index contributed by atoms with van der Waals surface area (Å²) in [7, 11) is 5.58. The molecule has 2 amide bonds. The molecular formula is C41H52FN5O5. The van der Waals surface area contributed by atoms with Gasteiger partial charge in [0, 0.05) is 77.8 Å². The topological polar surface area (TPSA) is 89.4 Å². The van der Waals surface area contributed by atoms with Crippen LogP contribution in [-0.4, -0.2) is 83.9 Å². The molecular weight excluding hydrogens is 661 g/mol. The predicted molar refractivity (Wildman–Crippen MR) is 200 cm³/mol. The fourth-order valence-corrected chi connectivity index (χ4v) is 7.14. The summed E-state index contributed by atoms with van der Waals surface area (Å²) in [5, 5.41) is 0.547. The van der Waals surface area contributed by atoms with Gasteiger partial charge in [0.2, 0.25) is 5.91 Å². The second kappa shape index (κ2) is 15.9. The van der Waals surface area contributed by atoms with Gasteiger partial charge in [0.1, 0.15) is 29.6 Å². The molecule has 0 radical (unpaired) electrons. The van der Waals surface area contributed by atoms with E-state index in [1.54, 1.807) is 24.3 Å². The number of ether oxygens (including phenoxy) is 3. The second-order valence-corrected chi connectivity index (χ2v) is 15.2. The molecule has 0 bridgehead atoms. The van der Waals surface area contributed by atoms with Crippen molar-refractivity contribution in [2.45, 2.75) is 83.7 Å². The molecule has 0 spiro atoms. The van der Waals surface area contributed by atoms with Gasteiger partial charge in [-0.15, -0.1) is 0 Å². The Balaban J connectivity index is 1.28. The molecule has 1 saturated carbocycles. The van der Waals surface area contributed by atoms with Crippen LogP contribution in [0.15, 0.2) is 67.0 Å². The maximum Gasteiger partial charge on any atom is 0.410 e. The molecule has 11 heteroatoms. The first-order chi connectivity index (χ1) is 24.9. The van der Waals surface area contributed by atoms with Crippen LogP contribution in [0.5, 0.6) is 5.75 Å². The molecule has 2 atom stereocenters. The Bertz CT molecular complexity index is 1870. The molecule has 1 aliphatic heterocycles. The van der Waals surface area contributed by atoms with E-state index in [9.17, 15) is 9.59 Å². The van der Waals surface area contributed by atoms with Crippen molar-refractivity contribution in [3.05, 3.63) is 89.5 Å². The molecule has 1 saturated heterocycles. The van der Waals surface area contributed by atoms with E-state index in [1.165, 1.54) is 6.07 Å². The summed E-state index contributed by atoms with van der Waals surface area (Å²) in [6, 6.07) is 17.1. The van der Waals surface area contributed by atoms with Crippen molar-refractivity contribution in [3.8, 4) is 5.75 Å². The smallest absolute Gasteiger partial charge is 0.410 e. The highest BCUT2D eigenvalue weighted by molar-refractivity contribution is 5.86. The van der Waals surface area contributed by atoms with Gasteiger partial charge >= 0.3 is 6.09 Å². The number of pyridine rings is 1. The lowest BCUT2D eigenvalue weighted by Gasteiger charge is -2.40. The molecule has 52 heavy (non-hydrogen) atoms. The molecule has 10 nitrogen and oxygen atoms in total. The van der Waals surface area contributed by atoms with Gasteiger partial charge in [0.05, 0.1) is 11.4 Å². The average molecular weight is 714 g/mol. The standard InChI is InChI=1S/C41H52FN5O5/c1-41(2,3)52-40(49)46-20-17-33(29-10-7-11-32(23-29)51-27-28-16-18-43-37(22-28)44(4)5)34(26-46)39(48)47(31-14-15-31)25-30-24-45(19-9-21-50-6)36-13-8-12-35(42)38(30)36/h7-8,10-13,16,18,22-24,31,33-34H,9,14-15,17,19-21,25-27H2,1-6H3/t33-,34+/m1/s1. The molecule has 0 unspecified atom stereocenters. The number of nitrogens with zero attached hydrogens (tertiary/aromatic N) is 5. The highest BCUT2D eigenvalue weighted by atomic mass is 19.1. The summed E-state index contributed by atoms with van der Waals surface area (Å²) in [5.74, 6) is 0.541. The molecule has 278 valence electrons. The van der Waals surface area contributed by atoms with E-state index >= 15 is 4.39 Å². The fraction of sp³-hybridized carbons (Fsp3) is 0.488. The minimum atomic E-state index is -0.664. The van der Waals surface area contributed by atoms with Crippen LogP contribution in [0.1, 0.15) is 69.1 Å². The lowest BCUT2D eigenvalue weighted by atomic mass is 9.79. The molecule has 4 aromatic rings. The first-order valence-electron chi connectivity index (χ1n) is 18.3. The molecule has 2 aromatic carbocycles. The van der Waals surface area contributed by atoms with E-state index in [1.807, 2.05) is 93.3 Å². The monoisotopic (exact) mass is 713 g/mol. The maximum atomic E-state index is 15.5. The molecule has 2 aromatic heterocycles. The van der Waals surface area contributed by atoms with Gasteiger partial charge in [-0.1, -0.05) is 18.2 Å². The van der Waals surface area contributed by atoms with Gasteiger partial charge in [0.15, 0.2) is 0 Å². The Labute approximate surface area is 306 Å². The quantitative estimate of drug-likeness (QED) is 0.134. The number of amides is 2. The molecule has 3 heterocycles. The van der Waals surface area contributed by atoms with Crippen molar-refractivity contribution < 1.29 is 28.2 Å². The number of hydrogen-bond acceptors (Lipinski definition) is 7. The van der Waals surface area contributed by atoms with E-state index in [2.05, 4.69) is 9.55 Å². The lowest BCUT2D eigenvalue weighted by molar-refractivity contribution is -0.139. The van der Waals surface area contributed by atoms with Crippen LogP contribution in [0, 0.1) is 11.7 Å². The van der Waals surface area contributed by atoms with Crippen molar-refractivity contribution in [2.24, 2.45) is 5.92 Å². The van der Waals surface area contributed by atoms with Crippen LogP contribution in [0.4, 0.5) is 15.0 Å². The third-order valence-corrected chi connectivity index (χ3v) is 9.83. The van der Waals surface area contributed by atoms with Crippen LogP contribution in [0.25, 0.3) is 10.9 Å². The van der Waals surface area contributed by atoms with Gasteiger partial charge in [-0.2, -0.15) is 0 Å². The SMILES string of the molecule is COCCCn1cc(CN(C(=O)[C@H]2CN(C(=O)OC(C)(C)C)CC[C@@H]2c2cccc(OCc3ccnc(N(C)C)c3)c2)C2CC2)c2c(F)cccc21. The minimum Gasteiger partial charge on any atom is -0.489 e. The fourth-order valence-electron chi connectivity index (χ4n) is 7.14. The van der Waals surface area contributed by atoms with E-state index in [0.717, 1.165) is 47.3 Å². The number of carbonyl (C=O) groups is 2. The summed E-state index contributed by atoms with van der Waals surface area (Å²) in [4.78, 5) is 38.2. The van der Waals surface area contributed by atoms with Gasteiger partial charge in [-0.25, -0.2) is 14.2 Å². The molecule has 2 aliphatic rings. The molecule has 1 aliphatic carbocycles. The van der Waals surface area contributed by atoms with Crippen LogP contribution >= 0.6 is 0 Å². The predicted octanol–water partition coefficient (Wildman–Crippen LogP) is 7.39. The summed E-state index contributed by atoms with van der Waals surface area (Å²) in [5.41, 5.74) is 2.91. The van der Waals surface area contributed by atoms with E-state index in [-0.39, 0.29) is 36.8 Å². The lowest BCUT2D eigenvalue weighted by Crippen LogP contribution is -2.51. The number of aromatic nitrogens is 2. The van der Waals surface area contributed by atoms with E-state index in [4.69, 9.17) is 14.2 Å². The van der Waals surface area contributed by atoms with Crippen molar-refractivity contribution in [1.29, 1.82) is 0 Å². The Morgan fingerprint density at radius 2 is 1.83 bits per heavy atom. The zero-order chi connectivity index (χ0) is 37.0. The normalized spacial score (nSPS) is 17.6. The molecule has 0 N–H and O–H groups in total. The number of halogens is 1. The molecule has 2 fully saturated rings. The van der Waals surface area contributed by atoms with Gasteiger partial charge in [-0.3, -0.25) is 4.79 Å². The minimum absolute atomic E-state index is 0.0308. The highest BCUT2D eigenvalue weighted by Gasteiger charge is 2.43. The van der Waals surface area contributed by atoms with Crippen LogP contribution < -0.4 is 9.64 Å². The van der Waals surface area contributed by atoms with Gasteiger partial charge in [0.25, 0.3) is 0 Å². The first kappa shape index (κ1) is 37.1. The summed E-state index contributed by atoms with van der Waals surface area (Å²) in [6.45, 7) is 8.16. The second-order valence-electron chi connectivity index (χ2n) is 15.2. The number of piperidine rings is 1. The van der Waals surface area contributed by atoms with E-state index in [0.29, 0.717) is 43.9 Å². The number of carbonyl (C=O) groups excluding carboxylic acids is 2. The summed E-state index contributed by atoms with van der Waals surface area (Å²) < 4.78 is 34.8. The first-order valence-corrected chi connectivity index (χ1v) is 18.3. The van der Waals surface area contributed by atoms with Crippen LogP contribution in [-0.2, 0) is 34.0 Å². The third-order valence-electron chi connectivity index (χ3n) is 9.83. The van der Waals surface area contributed by atoms with Crippen LogP contribution in [0.2, 0.25) is 0 Å². The zero-order valence-corrected chi connectivity index (χ0v) is 31.3. The van der Waals surface area contributed by atoms with Crippen molar-refractivity contribution >= 4 is 28.7 Å². The highest BCUT2D eigenvalue weighted by Crippen LogP contribution is 2.40. The number of rotatable bonds is 13. The number of benzene rings is 2. The largest absolute Gasteiger partial charge is 0.489 e. The third kappa shape index (κ3) is 8.86. The summed E-state index contributed by atoms with van der Waals surface area (Å²) >= 11 is 0. The Hall–Kier alpha value is -4.64. The average Bonchev–Trinajstić information content (AvgIpc) is 3.90. The maximum absolute atomic E-state index is 15.5. The number of hydrogen-bond donors (Lipinski definition) is 0. The van der Waals surface area contributed by atoms with Crippen molar-refractivity contribution in [3.63, 3.8) is 0 Å². The number of anilines is 1. The van der Waals surface area contributed by atoms with Gasteiger partial charge in [-0.05, 0) is 105 Å². The van der Waals surface area contributed by atoms with Crippen molar-refractivity contribution in [1.82, 2.24) is 19.4 Å². The molecule has 6 rings (SSSR count). The van der Waals surface area contributed by atoms with Gasteiger partial charge < -0.3 is 33.5 Å². The van der Waals surface area contributed by atoms with E-state index < -0.39 is 17.6 Å². The van der Waals surface area contributed by atoms with Crippen molar-refractivity contribution in [2.75, 3.05) is 45.8 Å². The Morgan fingerprint density at radius 3 is 2.56 bits per heavy atom. The Morgan fingerprint density at radius 1 is 1.04 bits per heavy atom. The number of fused-ring (bicyclic) bond motifs is 1. The summed E-state index contributed by atoms with van der Waals surface area (Å²) in [6.07, 6.45) is 6.49. The zero-order valence-electron chi connectivity index (χ0n) is 31.3. The number of methoxy groups -OCH3 is 1. The Kier molecular flexibility index (Phi) is 11.4. The van der Waals surface area contributed by atoms with Crippen LogP contribution in [0.3, 0.4) is 0 Å². The number of aryl methyl sites for hydroxylation is 1. The number of likely N-dealkylation sites (tertiary alicyclic amines) is 1.